The molecule has 3 N–H and O–H groups in total. The Morgan fingerprint density at radius 1 is 1.53 bits per heavy atom. The van der Waals surface area contributed by atoms with Crippen LogP contribution < -0.4 is 5.73 Å². The molecule has 4 nitrogen and oxygen atoms in total. The Kier molecular flexibility index (Phi) is 4.20. The molecular weight excluding hydrogens is 218 g/mol. The van der Waals surface area contributed by atoms with E-state index in [0.29, 0.717) is 5.92 Å². The first-order chi connectivity index (χ1) is 7.62. The minimum Gasteiger partial charge on any atom is -0.480 e. The number of carboxylic acid groups (broad SMARTS) is 1. The maximum atomic E-state index is 10.9. The molecule has 1 rings (SSSR count). The third-order valence-electron chi connectivity index (χ3n) is 3.45. The smallest absolute Gasteiger partial charge is 0.325 e. The van der Waals surface area contributed by atoms with Gasteiger partial charge in [-0.3, -0.25) is 4.79 Å². The summed E-state index contributed by atoms with van der Waals surface area (Å²) >= 11 is 0. The summed E-state index contributed by atoms with van der Waals surface area (Å²) in [6.07, 6.45) is 3.31. The topological polar surface area (TPSA) is 72.5 Å². The molecule has 0 radical (unpaired) electrons. The Morgan fingerprint density at radius 2 is 2.12 bits per heavy atom. The number of rotatable bonds is 4. The molecule has 1 saturated carbocycles. The first-order valence-electron chi connectivity index (χ1n) is 6.26. The lowest BCUT2D eigenvalue weighted by Crippen LogP contribution is -2.50. The highest BCUT2D eigenvalue weighted by Crippen LogP contribution is 2.39. The van der Waals surface area contributed by atoms with Crippen LogP contribution >= 0.6 is 0 Å². The minimum atomic E-state index is -1.29. The average Bonchev–Trinajstić information content (AvgIpc) is 2.11. The van der Waals surface area contributed by atoms with Gasteiger partial charge in [-0.25, -0.2) is 0 Å². The van der Waals surface area contributed by atoms with Crippen molar-refractivity contribution in [3.8, 4) is 0 Å². The molecule has 1 fully saturated rings. The molecule has 100 valence electrons. The maximum Gasteiger partial charge on any atom is 0.325 e. The number of nitrogens with two attached hydrogens (primary N) is 1. The summed E-state index contributed by atoms with van der Waals surface area (Å²) in [6.45, 7) is 8.26. The Morgan fingerprint density at radius 3 is 2.59 bits per heavy atom. The number of carboxylic acids is 1. The summed E-state index contributed by atoms with van der Waals surface area (Å²) in [5, 5.41) is 8.92. The van der Waals surface area contributed by atoms with Gasteiger partial charge in [-0.1, -0.05) is 20.8 Å². The van der Waals surface area contributed by atoms with E-state index in [4.69, 9.17) is 15.6 Å². The van der Waals surface area contributed by atoms with Gasteiger partial charge in [0.1, 0.15) is 5.54 Å². The molecule has 1 aliphatic carbocycles. The number of hydrogen-bond acceptors (Lipinski definition) is 3. The Hall–Kier alpha value is -0.610. The highest BCUT2D eigenvalue weighted by Gasteiger charge is 2.35. The molecular formula is C13H25NO3. The van der Waals surface area contributed by atoms with Crippen LogP contribution in [0.4, 0.5) is 0 Å². The van der Waals surface area contributed by atoms with Gasteiger partial charge in [0.25, 0.3) is 0 Å². The van der Waals surface area contributed by atoms with Crippen molar-refractivity contribution in [1.29, 1.82) is 0 Å². The molecule has 0 bridgehead atoms. The third-order valence-corrected chi connectivity index (χ3v) is 3.45. The Bertz CT molecular complexity index is 286. The fraction of sp³-hybridized carbons (Fsp3) is 0.923. The maximum absolute atomic E-state index is 10.9. The quantitative estimate of drug-likeness (QED) is 0.792. The van der Waals surface area contributed by atoms with E-state index in [2.05, 4.69) is 20.8 Å². The van der Waals surface area contributed by atoms with Crippen molar-refractivity contribution < 1.29 is 14.6 Å². The van der Waals surface area contributed by atoms with Crippen molar-refractivity contribution in [2.75, 3.05) is 6.61 Å². The van der Waals surface area contributed by atoms with Crippen LogP contribution in [-0.4, -0.2) is 29.3 Å². The molecule has 3 atom stereocenters. The zero-order chi connectivity index (χ0) is 13.3. The van der Waals surface area contributed by atoms with Crippen molar-refractivity contribution >= 4 is 5.97 Å². The van der Waals surface area contributed by atoms with Gasteiger partial charge in [0, 0.05) is 0 Å². The van der Waals surface area contributed by atoms with Gasteiger partial charge < -0.3 is 15.6 Å². The second-order valence-electron chi connectivity index (χ2n) is 6.57. The van der Waals surface area contributed by atoms with E-state index in [0.717, 1.165) is 12.8 Å². The Labute approximate surface area is 104 Å². The predicted octanol–water partition coefficient (Wildman–Crippen LogP) is 2.02. The molecule has 0 aromatic carbocycles. The molecule has 0 aromatic heterocycles. The van der Waals surface area contributed by atoms with Gasteiger partial charge >= 0.3 is 5.97 Å². The van der Waals surface area contributed by atoms with Crippen molar-refractivity contribution in [2.24, 2.45) is 17.1 Å². The zero-order valence-electron chi connectivity index (χ0n) is 11.3. The number of carbonyl (C=O) groups is 1. The number of hydrogen-bond donors (Lipinski definition) is 2. The summed E-state index contributed by atoms with van der Waals surface area (Å²) < 4.78 is 5.71. The van der Waals surface area contributed by atoms with Crippen LogP contribution in [0.1, 0.15) is 47.0 Å². The second kappa shape index (κ2) is 4.94. The Balaban J connectivity index is 2.50. The van der Waals surface area contributed by atoms with E-state index in [1.54, 1.807) is 0 Å². The highest BCUT2D eigenvalue weighted by atomic mass is 16.5. The molecule has 1 aliphatic rings. The van der Waals surface area contributed by atoms with Crippen LogP contribution in [0.15, 0.2) is 0 Å². The highest BCUT2D eigenvalue weighted by molar-refractivity contribution is 5.77. The predicted molar refractivity (Wildman–Crippen MR) is 66.8 cm³/mol. The zero-order valence-corrected chi connectivity index (χ0v) is 11.3. The van der Waals surface area contributed by atoms with Crippen LogP contribution in [-0.2, 0) is 9.53 Å². The molecule has 3 unspecified atom stereocenters. The number of ether oxygens (including phenoxy) is 1. The lowest BCUT2D eigenvalue weighted by Gasteiger charge is -2.39. The summed E-state index contributed by atoms with van der Waals surface area (Å²) in [7, 11) is 0. The minimum absolute atomic E-state index is 0.0792. The molecule has 4 heteroatoms. The number of aliphatic carboxylic acids is 1. The van der Waals surface area contributed by atoms with E-state index in [1.165, 1.54) is 13.3 Å². The van der Waals surface area contributed by atoms with Crippen molar-refractivity contribution in [3.05, 3.63) is 0 Å². The molecule has 0 aromatic rings. The van der Waals surface area contributed by atoms with Gasteiger partial charge in [0.2, 0.25) is 0 Å². The van der Waals surface area contributed by atoms with Gasteiger partial charge in [0.05, 0.1) is 12.7 Å². The first kappa shape index (κ1) is 14.5. The lowest BCUT2D eigenvalue weighted by molar-refractivity contribution is -0.146. The fourth-order valence-electron chi connectivity index (χ4n) is 2.74. The molecule has 0 amide bonds. The third kappa shape index (κ3) is 4.28. The molecule has 0 heterocycles. The largest absolute Gasteiger partial charge is 0.480 e. The van der Waals surface area contributed by atoms with Crippen LogP contribution in [0.3, 0.4) is 0 Å². The standard InChI is InChI=1S/C13H25NO3/c1-9-5-10(7-12(2,3)6-9)17-8-13(4,14)11(15)16/h9-10H,5-8,14H2,1-4H3,(H,15,16). The van der Waals surface area contributed by atoms with Crippen LogP contribution in [0, 0.1) is 11.3 Å². The van der Waals surface area contributed by atoms with E-state index < -0.39 is 11.5 Å². The lowest BCUT2D eigenvalue weighted by atomic mass is 9.71. The summed E-state index contributed by atoms with van der Waals surface area (Å²) in [5.74, 6) is -0.391. The first-order valence-corrected chi connectivity index (χ1v) is 6.26. The van der Waals surface area contributed by atoms with E-state index in [-0.39, 0.29) is 18.1 Å². The fourth-order valence-corrected chi connectivity index (χ4v) is 2.74. The van der Waals surface area contributed by atoms with Crippen molar-refractivity contribution in [1.82, 2.24) is 0 Å². The van der Waals surface area contributed by atoms with E-state index in [1.807, 2.05) is 0 Å². The molecule has 0 saturated heterocycles. The van der Waals surface area contributed by atoms with E-state index >= 15 is 0 Å². The van der Waals surface area contributed by atoms with Crippen LogP contribution in [0.2, 0.25) is 0 Å². The van der Waals surface area contributed by atoms with E-state index in [9.17, 15) is 4.79 Å². The van der Waals surface area contributed by atoms with Crippen molar-refractivity contribution in [3.63, 3.8) is 0 Å². The molecule has 0 spiro atoms. The van der Waals surface area contributed by atoms with Crippen LogP contribution in [0.25, 0.3) is 0 Å². The summed E-state index contributed by atoms with van der Waals surface area (Å²) in [6, 6.07) is 0. The van der Waals surface area contributed by atoms with Gasteiger partial charge in [-0.15, -0.1) is 0 Å². The van der Waals surface area contributed by atoms with Crippen LogP contribution in [0.5, 0.6) is 0 Å². The molecule has 17 heavy (non-hydrogen) atoms. The summed E-state index contributed by atoms with van der Waals surface area (Å²) in [4.78, 5) is 10.9. The monoisotopic (exact) mass is 243 g/mol. The normalized spacial score (nSPS) is 31.8. The second-order valence-corrected chi connectivity index (χ2v) is 6.57. The van der Waals surface area contributed by atoms with Gasteiger partial charge in [-0.2, -0.15) is 0 Å². The average molecular weight is 243 g/mol. The SMILES string of the molecule is CC1CC(OCC(C)(N)C(=O)O)CC(C)(C)C1. The molecule has 0 aliphatic heterocycles. The van der Waals surface area contributed by atoms with Gasteiger partial charge in [-0.05, 0) is 37.5 Å². The van der Waals surface area contributed by atoms with Crippen molar-refractivity contribution in [2.45, 2.75) is 58.6 Å². The van der Waals surface area contributed by atoms with Gasteiger partial charge in [0.15, 0.2) is 0 Å². The summed E-state index contributed by atoms with van der Waals surface area (Å²) in [5.41, 5.74) is 4.64.